The number of hydrogen-bond acceptors (Lipinski definition) is 2. The standard InChI is InChI=1S/C16H12ClFN2O/c17-12-5-2-6-13-16(12)15(14(20-13)7-8-19-21)10-3-1-4-11(18)9-10/h1-6,8-9,20-21H,7H2. The van der Waals surface area contributed by atoms with Gasteiger partial charge < -0.3 is 10.2 Å². The maximum atomic E-state index is 13.5. The van der Waals surface area contributed by atoms with Crippen LogP contribution in [-0.2, 0) is 6.42 Å². The monoisotopic (exact) mass is 302 g/mol. The van der Waals surface area contributed by atoms with Crippen molar-refractivity contribution in [3.05, 3.63) is 59.0 Å². The minimum absolute atomic E-state index is 0.310. The molecule has 2 aromatic carbocycles. The van der Waals surface area contributed by atoms with Crippen LogP contribution in [0.3, 0.4) is 0 Å². The molecular formula is C16H12ClFN2O. The number of nitrogens with one attached hydrogen (secondary N) is 1. The summed E-state index contributed by atoms with van der Waals surface area (Å²) in [6.45, 7) is 0. The number of rotatable bonds is 3. The lowest BCUT2D eigenvalue weighted by molar-refractivity contribution is 0.320. The molecule has 3 nitrogen and oxygen atoms in total. The molecule has 1 aromatic heterocycles. The smallest absolute Gasteiger partial charge is 0.123 e. The summed E-state index contributed by atoms with van der Waals surface area (Å²) >= 11 is 6.30. The van der Waals surface area contributed by atoms with Crippen molar-refractivity contribution < 1.29 is 9.60 Å². The SMILES string of the molecule is ON=CCc1[nH]c2cccc(Cl)c2c1-c1cccc(F)c1. The fourth-order valence-electron chi connectivity index (χ4n) is 2.51. The molecule has 0 saturated carbocycles. The first-order valence-corrected chi connectivity index (χ1v) is 6.79. The normalized spacial score (nSPS) is 11.5. The number of oxime groups is 1. The third-order valence-electron chi connectivity index (χ3n) is 3.34. The molecule has 0 saturated heterocycles. The molecule has 0 aliphatic heterocycles. The molecule has 106 valence electrons. The van der Waals surface area contributed by atoms with Gasteiger partial charge in [-0.2, -0.15) is 0 Å². The van der Waals surface area contributed by atoms with Crippen LogP contribution < -0.4 is 0 Å². The Labute approximate surface area is 125 Å². The molecule has 0 amide bonds. The molecule has 0 atom stereocenters. The van der Waals surface area contributed by atoms with Gasteiger partial charge in [0.1, 0.15) is 5.82 Å². The lowest BCUT2D eigenvalue weighted by Gasteiger charge is -2.04. The molecule has 1 heterocycles. The molecule has 5 heteroatoms. The molecule has 0 fully saturated rings. The highest BCUT2D eigenvalue weighted by Gasteiger charge is 2.15. The Morgan fingerprint density at radius 1 is 1.24 bits per heavy atom. The fraction of sp³-hybridized carbons (Fsp3) is 0.0625. The highest BCUT2D eigenvalue weighted by Crippen LogP contribution is 2.37. The van der Waals surface area contributed by atoms with E-state index in [1.807, 2.05) is 18.2 Å². The van der Waals surface area contributed by atoms with Crippen molar-refractivity contribution in [2.24, 2.45) is 5.16 Å². The third-order valence-corrected chi connectivity index (χ3v) is 3.66. The number of aromatic amines is 1. The molecule has 0 radical (unpaired) electrons. The molecule has 0 unspecified atom stereocenters. The molecule has 0 aliphatic rings. The van der Waals surface area contributed by atoms with Gasteiger partial charge in [-0.05, 0) is 29.8 Å². The molecule has 21 heavy (non-hydrogen) atoms. The molecule has 0 spiro atoms. The van der Waals surface area contributed by atoms with Crippen molar-refractivity contribution in [1.82, 2.24) is 4.98 Å². The maximum absolute atomic E-state index is 13.5. The van der Waals surface area contributed by atoms with Crippen LogP contribution in [0, 0.1) is 5.82 Å². The summed E-state index contributed by atoms with van der Waals surface area (Å²) in [5, 5.41) is 13.1. The van der Waals surface area contributed by atoms with Gasteiger partial charge in [0.15, 0.2) is 0 Å². The third kappa shape index (κ3) is 2.50. The largest absolute Gasteiger partial charge is 0.411 e. The van der Waals surface area contributed by atoms with E-state index in [2.05, 4.69) is 10.1 Å². The summed E-state index contributed by atoms with van der Waals surface area (Å²) < 4.78 is 13.5. The zero-order chi connectivity index (χ0) is 14.8. The van der Waals surface area contributed by atoms with Crippen molar-refractivity contribution in [1.29, 1.82) is 0 Å². The van der Waals surface area contributed by atoms with Gasteiger partial charge in [-0.1, -0.05) is 29.8 Å². The Morgan fingerprint density at radius 2 is 2.05 bits per heavy atom. The number of aromatic nitrogens is 1. The van der Waals surface area contributed by atoms with E-state index in [1.54, 1.807) is 12.1 Å². The van der Waals surface area contributed by atoms with Crippen LogP contribution in [0.1, 0.15) is 5.69 Å². The molecular weight excluding hydrogens is 291 g/mol. The minimum Gasteiger partial charge on any atom is -0.411 e. The van der Waals surface area contributed by atoms with Gasteiger partial charge in [0.25, 0.3) is 0 Å². The van der Waals surface area contributed by atoms with Crippen molar-refractivity contribution in [3.8, 4) is 11.1 Å². The summed E-state index contributed by atoms with van der Waals surface area (Å²) in [6, 6.07) is 11.9. The summed E-state index contributed by atoms with van der Waals surface area (Å²) in [7, 11) is 0. The second-order valence-corrected chi connectivity index (χ2v) is 5.06. The Morgan fingerprint density at radius 3 is 2.81 bits per heavy atom. The fourth-order valence-corrected chi connectivity index (χ4v) is 2.78. The maximum Gasteiger partial charge on any atom is 0.123 e. The highest BCUT2D eigenvalue weighted by molar-refractivity contribution is 6.36. The van der Waals surface area contributed by atoms with E-state index in [-0.39, 0.29) is 5.82 Å². The zero-order valence-electron chi connectivity index (χ0n) is 11.0. The van der Waals surface area contributed by atoms with Crippen LogP contribution in [0.2, 0.25) is 5.02 Å². The van der Waals surface area contributed by atoms with Crippen molar-refractivity contribution in [2.75, 3.05) is 0 Å². The second kappa shape index (κ2) is 5.58. The van der Waals surface area contributed by atoms with Crippen molar-refractivity contribution in [3.63, 3.8) is 0 Å². The summed E-state index contributed by atoms with van der Waals surface area (Å²) in [6.07, 6.45) is 1.77. The lowest BCUT2D eigenvalue weighted by Crippen LogP contribution is -1.90. The molecule has 2 N–H and O–H groups in total. The van der Waals surface area contributed by atoms with Crippen LogP contribution in [-0.4, -0.2) is 16.4 Å². The van der Waals surface area contributed by atoms with E-state index in [0.29, 0.717) is 11.4 Å². The highest BCUT2D eigenvalue weighted by atomic mass is 35.5. The van der Waals surface area contributed by atoms with Crippen molar-refractivity contribution in [2.45, 2.75) is 6.42 Å². The molecule has 3 rings (SSSR count). The number of nitrogens with zero attached hydrogens (tertiary/aromatic N) is 1. The van der Waals surface area contributed by atoms with Gasteiger partial charge >= 0.3 is 0 Å². The topological polar surface area (TPSA) is 48.4 Å². The quantitative estimate of drug-likeness (QED) is 0.413. The Kier molecular flexibility index (Phi) is 3.62. The van der Waals surface area contributed by atoms with Gasteiger partial charge in [0.2, 0.25) is 0 Å². The Bertz CT molecular complexity index is 826. The van der Waals surface area contributed by atoms with E-state index in [9.17, 15) is 4.39 Å². The molecule has 0 bridgehead atoms. The first kappa shape index (κ1) is 13.6. The summed E-state index contributed by atoms with van der Waals surface area (Å²) in [5.74, 6) is -0.310. The van der Waals surface area contributed by atoms with Crippen molar-refractivity contribution >= 4 is 28.7 Å². The minimum atomic E-state index is -0.310. The van der Waals surface area contributed by atoms with Crippen LogP contribution in [0.25, 0.3) is 22.0 Å². The molecule has 3 aromatic rings. The van der Waals surface area contributed by atoms with Gasteiger partial charge in [0, 0.05) is 34.8 Å². The second-order valence-electron chi connectivity index (χ2n) is 4.65. The van der Waals surface area contributed by atoms with E-state index in [4.69, 9.17) is 16.8 Å². The predicted molar refractivity (Wildman–Crippen MR) is 82.7 cm³/mol. The number of benzene rings is 2. The number of hydrogen-bond donors (Lipinski definition) is 2. The average molecular weight is 303 g/mol. The molecule has 0 aliphatic carbocycles. The van der Waals surface area contributed by atoms with Crippen LogP contribution in [0.4, 0.5) is 4.39 Å². The predicted octanol–water partition coefficient (Wildman–Crippen LogP) is 4.63. The number of halogens is 2. The van der Waals surface area contributed by atoms with E-state index in [1.165, 1.54) is 18.3 Å². The van der Waals surface area contributed by atoms with Crippen LogP contribution >= 0.6 is 11.6 Å². The van der Waals surface area contributed by atoms with Crippen LogP contribution in [0.15, 0.2) is 47.6 Å². The number of fused-ring (bicyclic) bond motifs is 1. The van der Waals surface area contributed by atoms with Gasteiger partial charge in [0.05, 0.1) is 5.02 Å². The van der Waals surface area contributed by atoms with E-state index in [0.717, 1.165) is 27.7 Å². The number of H-pyrrole nitrogens is 1. The first-order valence-electron chi connectivity index (χ1n) is 6.41. The van der Waals surface area contributed by atoms with E-state index >= 15 is 0 Å². The van der Waals surface area contributed by atoms with E-state index < -0.39 is 0 Å². The van der Waals surface area contributed by atoms with Gasteiger partial charge in [-0.3, -0.25) is 0 Å². The van der Waals surface area contributed by atoms with Crippen LogP contribution in [0.5, 0.6) is 0 Å². The summed E-state index contributed by atoms with van der Waals surface area (Å²) in [4.78, 5) is 3.25. The summed E-state index contributed by atoms with van der Waals surface area (Å²) in [5.41, 5.74) is 3.25. The first-order chi connectivity index (χ1) is 10.2. The van der Waals surface area contributed by atoms with Gasteiger partial charge in [-0.15, -0.1) is 5.16 Å². The Hall–Kier alpha value is -2.33. The Balaban J connectivity index is 2.31. The van der Waals surface area contributed by atoms with Gasteiger partial charge in [-0.25, -0.2) is 4.39 Å². The lowest BCUT2D eigenvalue weighted by atomic mass is 10.0. The zero-order valence-corrected chi connectivity index (χ0v) is 11.7. The average Bonchev–Trinajstić information content (AvgIpc) is 2.85.